The summed E-state index contributed by atoms with van der Waals surface area (Å²) < 4.78 is 37.4. The lowest BCUT2D eigenvalue weighted by atomic mass is 9.56. The maximum absolute atomic E-state index is 13.7. The zero-order valence-corrected chi connectivity index (χ0v) is 21.5. The molecule has 7 N–H and O–H groups in total. The third-order valence-corrected chi connectivity index (χ3v) is 8.09. The number of carbonyl (C=O) groups excluding carboxylic acids is 3. The van der Waals surface area contributed by atoms with Crippen LogP contribution >= 0.6 is 0 Å². The van der Waals surface area contributed by atoms with Crippen LogP contribution in [0.5, 0.6) is 5.75 Å². The molecule has 0 saturated heterocycles. The number of fused-ring (bicyclic) bond motifs is 3. The summed E-state index contributed by atoms with van der Waals surface area (Å²) in [5, 5.41) is 47.3. The Balaban J connectivity index is 1.80. The maximum Gasteiger partial charge on any atom is 0.390 e. The molecule has 10 nitrogen and oxygen atoms in total. The van der Waals surface area contributed by atoms with Gasteiger partial charge in [-0.05, 0) is 37.9 Å². The Bertz CT molecular complexity index is 1320. The minimum Gasteiger partial charge on any atom is -0.510 e. The molecular weight excluding hydrogens is 523 g/mol. The van der Waals surface area contributed by atoms with E-state index in [0.29, 0.717) is 5.56 Å². The van der Waals surface area contributed by atoms with Crippen LogP contribution in [0.25, 0.3) is 0 Å². The van der Waals surface area contributed by atoms with Crippen LogP contribution in [-0.2, 0) is 16.1 Å². The molecule has 0 aliphatic heterocycles. The number of alkyl halides is 3. The number of carbonyl (C=O) groups is 3. The molecule has 39 heavy (non-hydrogen) atoms. The van der Waals surface area contributed by atoms with Crippen LogP contribution in [0.3, 0.4) is 0 Å². The molecule has 4 rings (SSSR count). The molecule has 0 radical (unpaired) electrons. The van der Waals surface area contributed by atoms with Crippen molar-refractivity contribution in [2.45, 2.75) is 50.0 Å². The summed E-state index contributed by atoms with van der Waals surface area (Å²) in [6, 6.07) is 1.97. The summed E-state index contributed by atoms with van der Waals surface area (Å²) >= 11 is 0. The summed E-state index contributed by atoms with van der Waals surface area (Å²) in [5.41, 5.74) is 1.73. The summed E-state index contributed by atoms with van der Waals surface area (Å²) in [7, 11) is 3.08. The van der Waals surface area contributed by atoms with Crippen LogP contribution in [0.1, 0.15) is 47.2 Å². The Morgan fingerprint density at radius 1 is 1.21 bits per heavy atom. The number of nitrogens with one attached hydrogen (secondary N) is 1. The van der Waals surface area contributed by atoms with Gasteiger partial charge in [0.2, 0.25) is 5.78 Å². The number of Topliss-reactive ketones (excluding diaryl/α,β-unsaturated/α-hetero) is 2. The number of allylic oxidation sites excluding steroid dienone is 1. The van der Waals surface area contributed by atoms with E-state index in [1.807, 2.05) is 0 Å². The lowest BCUT2D eigenvalue weighted by Crippen LogP contribution is -2.64. The molecule has 0 saturated carbocycles. The quantitative estimate of drug-likeness (QED) is 0.227. The fourth-order valence-electron chi connectivity index (χ4n) is 6.19. The van der Waals surface area contributed by atoms with E-state index >= 15 is 0 Å². The summed E-state index contributed by atoms with van der Waals surface area (Å²) in [5.74, 6) is -8.03. The molecule has 5 atom stereocenters. The second-order valence-corrected chi connectivity index (χ2v) is 10.5. The number of aliphatic hydroxyl groups is 3. The molecule has 3 aliphatic rings. The van der Waals surface area contributed by atoms with Crippen LogP contribution in [-0.4, -0.2) is 81.3 Å². The number of primary amides is 1. The molecule has 0 bridgehead atoms. The van der Waals surface area contributed by atoms with Gasteiger partial charge in [-0.1, -0.05) is 19.1 Å². The molecule has 212 valence electrons. The van der Waals surface area contributed by atoms with Gasteiger partial charge in [0.25, 0.3) is 5.91 Å². The molecule has 0 aromatic heterocycles. The fraction of sp³-hybridized carbons (Fsp3) is 0.500. The number of hydrogen-bond acceptors (Lipinski definition) is 9. The van der Waals surface area contributed by atoms with Crippen LogP contribution < -0.4 is 11.1 Å². The molecule has 0 unspecified atom stereocenters. The largest absolute Gasteiger partial charge is 0.510 e. The first kappa shape index (κ1) is 28.6. The molecule has 0 heterocycles. The summed E-state index contributed by atoms with van der Waals surface area (Å²) in [6.07, 6.45) is -5.50. The highest BCUT2D eigenvalue weighted by atomic mass is 19.4. The first-order valence-electron chi connectivity index (χ1n) is 12.3. The van der Waals surface area contributed by atoms with Crippen molar-refractivity contribution in [3.05, 3.63) is 51.5 Å². The zero-order valence-electron chi connectivity index (χ0n) is 21.5. The number of amides is 1. The number of phenolic OH excluding ortho intramolecular Hbond substituents is 1. The van der Waals surface area contributed by atoms with Crippen LogP contribution in [0.2, 0.25) is 0 Å². The number of halogens is 3. The number of ketones is 2. The fourth-order valence-corrected chi connectivity index (χ4v) is 6.19. The van der Waals surface area contributed by atoms with Gasteiger partial charge in [-0.25, -0.2) is 0 Å². The van der Waals surface area contributed by atoms with Crippen molar-refractivity contribution in [1.82, 2.24) is 10.2 Å². The van der Waals surface area contributed by atoms with Crippen LogP contribution in [0.15, 0.2) is 34.8 Å². The second kappa shape index (κ2) is 9.65. The van der Waals surface area contributed by atoms with Crippen molar-refractivity contribution < 1.29 is 48.0 Å². The predicted molar refractivity (Wildman–Crippen MR) is 131 cm³/mol. The molecule has 1 amide bonds. The number of benzene rings is 1. The average molecular weight is 554 g/mol. The minimum atomic E-state index is -4.36. The van der Waals surface area contributed by atoms with E-state index < -0.39 is 88.9 Å². The molecule has 13 heteroatoms. The maximum atomic E-state index is 13.7. The number of aromatic hydroxyl groups is 1. The standard InChI is InChI=1S/C26H30F3N3O7/c1-10-12-5-4-11(9-31-7-6-25(27,28)29)19(33)15(12)20(34)16-13(10)8-14-18(32(2)3)21(35)17(24(30)38)23(37)26(14,39)22(16)36/h4-5,10,13-14,18,31,33,35-36,39H,6-9H2,1-3H3,(H2,30,38)/t10-,13+,14-,18-,26-/m0/s1. The van der Waals surface area contributed by atoms with Crippen molar-refractivity contribution in [1.29, 1.82) is 0 Å². The van der Waals surface area contributed by atoms with E-state index in [1.54, 1.807) is 27.1 Å². The summed E-state index contributed by atoms with van der Waals surface area (Å²) in [4.78, 5) is 40.6. The van der Waals surface area contributed by atoms with E-state index in [2.05, 4.69) is 5.32 Å². The molecule has 1 aromatic carbocycles. The molecule has 1 aromatic rings. The van der Waals surface area contributed by atoms with Gasteiger partial charge in [0.1, 0.15) is 22.8 Å². The van der Waals surface area contributed by atoms with Gasteiger partial charge in [0.05, 0.1) is 18.0 Å². The predicted octanol–water partition coefficient (Wildman–Crippen LogP) is 1.72. The van der Waals surface area contributed by atoms with Gasteiger partial charge in [-0.15, -0.1) is 0 Å². The number of nitrogens with zero attached hydrogens (tertiary/aromatic N) is 1. The Kier molecular flexibility index (Phi) is 7.07. The molecule has 3 aliphatic carbocycles. The van der Waals surface area contributed by atoms with E-state index in [0.717, 1.165) is 0 Å². The third kappa shape index (κ3) is 4.38. The first-order valence-corrected chi connectivity index (χ1v) is 12.3. The lowest BCUT2D eigenvalue weighted by Gasteiger charge is -2.51. The first-order chi connectivity index (χ1) is 18.0. The molecular formula is C26H30F3N3O7. The van der Waals surface area contributed by atoms with E-state index in [1.165, 1.54) is 11.0 Å². The van der Waals surface area contributed by atoms with Gasteiger partial charge in [-0.2, -0.15) is 13.2 Å². The topological polar surface area (TPSA) is 173 Å². The second-order valence-electron chi connectivity index (χ2n) is 10.5. The number of likely N-dealkylation sites (N-methyl/N-ethyl adjacent to an activating group) is 1. The van der Waals surface area contributed by atoms with E-state index in [-0.39, 0.29) is 29.7 Å². The average Bonchev–Trinajstić information content (AvgIpc) is 2.82. The lowest BCUT2D eigenvalue weighted by molar-refractivity contribution is -0.148. The van der Waals surface area contributed by atoms with Crippen LogP contribution in [0.4, 0.5) is 13.2 Å². The van der Waals surface area contributed by atoms with Crippen molar-refractivity contribution in [2.24, 2.45) is 17.6 Å². The van der Waals surface area contributed by atoms with Crippen LogP contribution in [0, 0.1) is 11.8 Å². The summed E-state index contributed by atoms with van der Waals surface area (Å²) in [6.45, 7) is 1.14. The molecule has 0 fully saturated rings. The number of hydrogen-bond donors (Lipinski definition) is 6. The van der Waals surface area contributed by atoms with Crippen molar-refractivity contribution in [3.8, 4) is 5.75 Å². The normalized spacial score (nSPS) is 28.9. The zero-order chi connectivity index (χ0) is 29.2. The van der Waals surface area contributed by atoms with Gasteiger partial charge in [0, 0.05) is 30.1 Å². The number of phenols is 1. The Morgan fingerprint density at radius 2 is 1.85 bits per heavy atom. The van der Waals surface area contributed by atoms with Gasteiger partial charge in [0.15, 0.2) is 11.4 Å². The van der Waals surface area contributed by atoms with E-state index in [4.69, 9.17) is 5.73 Å². The van der Waals surface area contributed by atoms with E-state index in [9.17, 15) is 48.0 Å². The van der Waals surface area contributed by atoms with Crippen molar-refractivity contribution in [3.63, 3.8) is 0 Å². The highest BCUT2D eigenvalue weighted by molar-refractivity contribution is 6.24. The number of nitrogens with two attached hydrogens (primary N) is 1. The molecule has 0 spiro atoms. The minimum absolute atomic E-state index is 0.0472. The number of aliphatic hydroxyl groups excluding tert-OH is 2. The SMILES string of the molecule is C[C@H]1c2ccc(CNCCC(F)(F)F)c(O)c2C(=O)C2=C(O)[C@]3(O)C(=O)C(C(N)=O)=C(O)[C@@H](N(C)C)[C@@H]3C[C@@H]21. The Labute approximate surface area is 221 Å². The van der Waals surface area contributed by atoms with Gasteiger partial charge >= 0.3 is 6.18 Å². The van der Waals surface area contributed by atoms with Crippen molar-refractivity contribution >= 4 is 17.5 Å². The van der Waals surface area contributed by atoms with Crippen molar-refractivity contribution in [2.75, 3.05) is 20.6 Å². The highest BCUT2D eigenvalue weighted by Gasteiger charge is 2.63. The van der Waals surface area contributed by atoms with Gasteiger partial charge < -0.3 is 31.5 Å². The third-order valence-electron chi connectivity index (χ3n) is 8.09. The number of rotatable bonds is 6. The Hall–Kier alpha value is -3.42. The highest BCUT2D eigenvalue weighted by Crippen LogP contribution is 2.55. The smallest absolute Gasteiger partial charge is 0.390 e. The monoisotopic (exact) mass is 553 g/mol. The van der Waals surface area contributed by atoms with Gasteiger partial charge in [-0.3, -0.25) is 19.3 Å². The Morgan fingerprint density at radius 3 is 2.41 bits per heavy atom.